The van der Waals surface area contributed by atoms with Crippen LogP contribution in [0, 0.1) is 0 Å². The predicted octanol–water partition coefficient (Wildman–Crippen LogP) is 2.96. The molecule has 2 aliphatic heterocycles. The van der Waals surface area contributed by atoms with Crippen molar-refractivity contribution in [3.8, 4) is 0 Å². The lowest BCUT2D eigenvalue weighted by Gasteiger charge is -2.27. The predicted molar refractivity (Wildman–Crippen MR) is 132 cm³/mol. The fraction of sp³-hybridized carbons (Fsp3) is 0.542. The number of esters is 1. The van der Waals surface area contributed by atoms with E-state index in [1.807, 2.05) is 0 Å². The normalized spacial score (nSPS) is 17.8. The van der Waals surface area contributed by atoms with Gasteiger partial charge in [-0.25, -0.2) is 4.79 Å². The number of unbranched alkanes of at least 4 members (excludes halogenated alkanes) is 2. The number of aliphatic imine (C=N–C) groups is 1. The van der Waals surface area contributed by atoms with Gasteiger partial charge < -0.3 is 20.3 Å². The van der Waals surface area contributed by atoms with E-state index in [2.05, 4.69) is 27.4 Å². The Morgan fingerprint density at radius 1 is 1.15 bits per heavy atom. The summed E-state index contributed by atoms with van der Waals surface area (Å²) in [4.78, 5) is 55.1. The van der Waals surface area contributed by atoms with Crippen molar-refractivity contribution in [2.24, 2.45) is 4.99 Å². The van der Waals surface area contributed by atoms with E-state index in [0.717, 1.165) is 45.2 Å². The van der Waals surface area contributed by atoms with Crippen molar-refractivity contribution in [2.45, 2.75) is 57.1 Å². The summed E-state index contributed by atoms with van der Waals surface area (Å²) in [6, 6.07) is 6.29. The molecule has 9 nitrogen and oxygen atoms in total. The Labute approximate surface area is 204 Å². The molecule has 3 rings (SSSR count). The van der Waals surface area contributed by atoms with Crippen LogP contribution in [0.2, 0.25) is 0 Å². The third-order valence-corrected chi connectivity index (χ3v) is 6.76. The Balaban J connectivity index is 1.44. The molecule has 10 heteroatoms. The molecule has 0 aromatic heterocycles. The average Bonchev–Trinajstić information content (AvgIpc) is 3.21. The van der Waals surface area contributed by atoms with Crippen molar-refractivity contribution in [1.29, 1.82) is 0 Å². The standard InChI is InChI=1S/C24H32N4O5S/c1-2-3-5-11-25-21(30)16-33-23(32)17-9-8-10-18(14-17)26-20(29)15-19-22(31)27-24(34-19)28-12-6-4-7-13-28/h8-10,14,19H,2-7,11-13,15-16H2,1H3,(H,25,30)(H,26,29). The van der Waals surface area contributed by atoms with E-state index in [9.17, 15) is 19.2 Å². The first-order valence-electron chi connectivity index (χ1n) is 11.8. The molecule has 3 amide bonds. The Bertz CT molecular complexity index is 930. The lowest BCUT2D eigenvalue weighted by atomic mass is 10.1. The van der Waals surface area contributed by atoms with Crippen molar-refractivity contribution in [3.63, 3.8) is 0 Å². The lowest BCUT2D eigenvalue weighted by Crippen LogP contribution is -2.33. The second kappa shape index (κ2) is 13.1. The number of carbonyl (C=O) groups is 4. The summed E-state index contributed by atoms with van der Waals surface area (Å²) in [6.45, 7) is 4.05. The van der Waals surface area contributed by atoms with Crippen molar-refractivity contribution in [1.82, 2.24) is 10.2 Å². The van der Waals surface area contributed by atoms with E-state index in [4.69, 9.17) is 4.74 Å². The zero-order valence-electron chi connectivity index (χ0n) is 19.5. The van der Waals surface area contributed by atoms with Gasteiger partial charge >= 0.3 is 5.97 Å². The number of rotatable bonds is 10. The number of likely N-dealkylation sites (tertiary alicyclic amines) is 1. The molecule has 2 N–H and O–H groups in total. The van der Waals surface area contributed by atoms with Crippen LogP contribution in [-0.4, -0.2) is 65.2 Å². The van der Waals surface area contributed by atoms with E-state index in [-0.39, 0.29) is 36.3 Å². The van der Waals surface area contributed by atoms with Crippen LogP contribution in [0.1, 0.15) is 62.2 Å². The average molecular weight is 489 g/mol. The van der Waals surface area contributed by atoms with E-state index in [1.165, 1.54) is 24.2 Å². The van der Waals surface area contributed by atoms with Crippen LogP contribution in [0.3, 0.4) is 0 Å². The number of anilines is 1. The van der Waals surface area contributed by atoms with Gasteiger partial charge in [0.1, 0.15) is 5.25 Å². The molecule has 0 saturated carbocycles. The number of ether oxygens (including phenoxy) is 1. The van der Waals surface area contributed by atoms with Gasteiger partial charge in [-0.15, -0.1) is 0 Å². The lowest BCUT2D eigenvalue weighted by molar-refractivity contribution is -0.124. The molecule has 2 heterocycles. The summed E-state index contributed by atoms with van der Waals surface area (Å²) in [5.41, 5.74) is 0.634. The third-order valence-electron chi connectivity index (χ3n) is 5.55. The summed E-state index contributed by atoms with van der Waals surface area (Å²) >= 11 is 1.34. The molecule has 1 saturated heterocycles. The van der Waals surface area contributed by atoms with Crippen molar-refractivity contribution < 1.29 is 23.9 Å². The van der Waals surface area contributed by atoms with Gasteiger partial charge in [-0.3, -0.25) is 14.4 Å². The largest absolute Gasteiger partial charge is 0.452 e. The first kappa shape index (κ1) is 25.7. The molecule has 184 valence electrons. The van der Waals surface area contributed by atoms with Crippen molar-refractivity contribution >= 4 is 46.3 Å². The number of hydrogen-bond acceptors (Lipinski definition) is 7. The van der Waals surface area contributed by atoms with Gasteiger partial charge in [0, 0.05) is 31.7 Å². The number of carbonyl (C=O) groups excluding carboxylic acids is 4. The highest BCUT2D eigenvalue weighted by Gasteiger charge is 2.33. The summed E-state index contributed by atoms with van der Waals surface area (Å²) in [7, 11) is 0. The number of amides is 3. The Kier molecular flexibility index (Phi) is 9.93. The van der Waals surface area contributed by atoms with Crippen molar-refractivity contribution in [2.75, 3.05) is 31.6 Å². The quantitative estimate of drug-likeness (QED) is 0.384. The van der Waals surface area contributed by atoms with Crippen molar-refractivity contribution in [3.05, 3.63) is 29.8 Å². The molecule has 0 bridgehead atoms. The van der Waals surface area contributed by atoms with E-state index in [1.54, 1.807) is 18.2 Å². The number of nitrogens with zero attached hydrogens (tertiary/aromatic N) is 2. The third kappa shape index (κ3) is 7.86. The number of thioether (sulfide) groups is 1. The summed E-state index contributed by atoms with van der Waals surface area (Å²) in [5.74, 6) is -1.62. The highest BCUT2D eigenvalue weighted by molar-refractivity contribution is 8.15. The SMILES string of the molecule is CCCCCNC(=O)COC(=O)c1cccc(NC(=O)CC2SC(N3CCCCC3)=NC2=O)c1. The molecule has 1 aromatic carbocycles. The zero-order valence-corrected chi connectivity index (χ0v) is 20.3. The smallest absolute Gasteiger partial charge is 0.338 e. The second-order valence-corrected chi connectivity index (χ2v) is 9.52. The number of piperidine rings is 1. The van der Waals surface area contributed by atoms with Gasteiger partial charge in [-0.2, -0.15) is 4.99 Å². The Morgan fingerprint density at radius 3 is 2.71 bits per heavy atom. The Hall–Kier alpha value is -2.88. The fourth-order valence-corrected chi connectivity index (χ4v) is 4.82. The molecular formula is C24H32N4O5S. The van der Waals surface area contributed by atoms with Crippen LogP contribution in [0.15, 0.2) is 29.3 Å². The van der Waals surface area contributed by atoms with Gasteiger partial charge in [0.25, 0.3) is 11.8 Å². The molecule has 0 spiro atoms. The minimum absolute atomic E-state index is 0.00276. The topological polar surface area (TPSA) is 117 Å². The van der Waals surface area contributed by atoms with Crippen LogP contribution in [0.25, 0.3) is 0 Å². The van der Waals surface area contributed by atoms with E-state index >= 15 is 0 Å². The van der Waals surface area contributed by atoms with Gasteiger partial charge in [0.05, 0.1) is 5.56 Å². The minimum atomic E-state index is -0.652. The molecule has 1 atom stereocenters. The first-order valence-corrected chi connectivity index (χ1v) is 12.7. The molecule has 1 aromatic rings. The maximum Gasteiger partial charge on any atom is 0.338 e. The number of nitrogens with one attached hydrogen (secondary N) is 2. The van der Waals surface area contributed by atoms with Gasteiger partial charge in [-0.1, -0.05) is 37.6 Å². The maximum absolute atomic E-state index is 12.5. The minimum Gasteiger partial charge on any atom is -0.452 e. The van der Waals surface area contributed by atoms with Crippen LogP contribution in [0.4, 0.5) is 5.69 Å². The molecule has 1 unspecified atom stereocenters. The highest BCUT2D eigenvalue weighted by Crippen LogP contribution is 2.29. The summed E-state index contributed by atoms with van der Waals surface area (Å²) in [6.07, 6.45) is 6.32. The van der Waals surface area contributed by atoms with E-state index < -0.39 is 11.2 Å². The molecular weight excluding hydrogens is 456 g/mol. The second-order valence-electron chi connectivity index (χ2n) is 8.35. The number of benzene rings is 1. The monoisotopic (exact) mass is 488 g/mol. The molecule has 1 fully saturated rings. The molecule has 34 heavy (non-hydrogen) atoms. The van der Waals surface area contributed by atoms with Crippen LogP contribution in [0.5, 0.6) is 0 Å². The van der Waals surface area contributed by atoms with Gasteiger partial charge in [-0.05, 0) is 43.9 Å². The molecule has 0 radical (unpaired) electrons. The first-order chi connectivity index (χ1) is 16.5. The zero-order chi connectivity index (χ0) is 24.3. The number of hydrogen-bond donors (Lipinski definition) is 2. The van der Waals surface area contributed by atoms with Crippen LogP contribution in [-0.2, 0) is 19.1 Å². The summed E-state index contributed by atoms with van der Waals surface area (Å²) < 4.78 is 5.07. The molecule has 0 aliphatic carbocycles. The maximum atomic E-state index is 12.5. The van der Waals surface area contributed by atoms with Crippen LogP contribution >= 0.6 is 11.8 Å². The van der Waals surface area contributed by atoms with E-state index in [0.29, 0.717) is 17.4 Å². The fourth-order valence-electron chi connectivity index (χ4n) is 3.70. The van der Waals surface area contributed by atoms with Gasteiger partial charge in [0.2, 0.25) is 5.91 Å². The van der Waals surface area contributed by atoms with Gasteiger partial charge in [0.15, 0.2) is 11.8 Å². The molecule has 2 aliphatic rings. The van der Waals surface area contributed by atoms with Crippen LogP contribution < -0.4 is 10.6 Å². The number of amidine groups is 1. The highest BCUT2D eigenvalue weighted by atomic mass is 32.2. The summed E-state index contributed by atoms with van der Waals surface area (Å²) in [5, 5.41) is 5.61. The Morgan fingerprint density at radius 2 is 1.94 bits per heavy atom.